The Bertz CT molecular complexity index is 386. The number of carboxylic acid groups (broad SMARTS) is 1. The first kappa shape index (κ1) is 10.8. The highest BCUT2D eigenvalue weighted by Crippen LogP contribution is 2.13. The zero-order valence-electron chi connectivity index (χ0n) is 7.46. The molecule has 0 bridgehead atoms. The quantitative estimate of drug-likeness (QED) is 0.664. The molecular weight excluding hydrogens is 244 g/mol. The van der Waals surface area contributed by atoms with Crippen LogP contribution in [0, 0.1) is 0 Å². The van der Waals surface area contributed by atoms with Gasteiger partial charge < -0.3 is 5.11 Å². The molecule has 0 spiro atoms. The minimum absolute atomic E-state index is 0.187. The number of aliphatic carboxylic acids is 1. The molecule has 72 valence electrons. The monoisotopic (exact) mass is 252 g/mol. The molecule has 0 aliphatic carbocycles. The molecule has 1 aromatic carbocycles. The molecule has 0 fully saturated rings. The maximum absolute atomic E-state index is 10.7. The van der Waals surface area contributed by atoms with Crippen LogP contribution in [0.4, 0.5) is 0 Å². The molecule has 0 aliphatic heterocycles. The molecule has 0 saturated heterocycles. The van der Waals surface area contributed by atoms with E-state index in [2.05, 4.69) is 28.2 Å². The fourth-order valence-electron chi connectivity index (χ4n) is 1.02. The Labute approximate surface area is 90.7 Å². The van der Waals surface area contributed by atoms with Crippen molar-refractivity contribution < 1.29 is 9.90 Å². The van der Waals surface area contributed by atoms with Gasteiger partial charge in [0.25, 0.3) is 0 Å². The first-order valence-electron chi connectivity index (χ1n) is 4.00. The molecule has 2 nitrogen and oxygen atoms in total. The zero-order valence-corrected chi connectivity index (χ0v) is 9.04. The second-order valence-electron chi connectivity index (χ2n) is 2.76. The molecule has 1 rings (SSSR count). The number of hydrogen-bond acceptors (Lipinski definition) is 1. The second-order valence-corrected chi connectivity index (χ2v) is 3.68. The molecule has 0 aromatic heterocycles. The fourth-order valence-corrected chi connectivity index (χ4v) is 1.28. The van der Waals surface area contributed by atoms with Gasteiger partial charge in [-0.3, -0.25) is 0 Å². The summed E-state index contributed by atoms with van der Waals surface area (Å²) < 4.78 is 0.973. The van der Waals surface area contributed by atoms with Crippen LogP contribution in [0.2, 0.25) is 0 Å². The number of carbonyl (C=O) groups is 1. The first-order valence-corrected chi connectivity index (χ1v) is 4.79. The number of benzene rings is 1. The second kappa shape index (κ2) is 4.80. The van der Waals surface area contributed by atoms with E-state index in [1.54, 1.807) is 0 Å². The first-order chi connectivity index (χ1) is 6.63. The average molecular weight is 253 g/mol. The highest BCUT2D eigenvalue weighted by atomic mass is 79.9. The Kier molecular flexibility index (Phi) is 3.69. The minimum Gasteiger partial charge on any atom is -0.477 e. The van der Waals surface area contributed by atoms with Crippen molar-refractivity contribution in [3.63, 3.8) is 0 Å². The molecule has 14 heavy (non-hydrogen) atoms. The SMILES string of the molecule is C=C=C(Cc1ccc(Br)cc1)C(=O)O. The smallest absolute Gasteiger partial charge is 0.339 e. The van der Waals surface area contributed by atoms with E-state index in [-0.39, 0.29) is 5.57 Å². The van der Waals surface area contributed by atoms with E-state index in [4.69, 9.17) is 5.11 Å². The van der Waals surface area contributed by atoms with Gasteiger partial charge in [0, 0.05) is 10.9 Å². The summed E-state index contributed by atoms with van der Waals surface area (Å²) >= 11 is 3.31. The predicted molar refractivity (Wildman–Crippen MR) is 58.1 cm³/mol. The summed E-state index contributed by atoms with van der Waals surface area (Å²) in [5, 5.41) is 8.74. The number of carboxylic acids is 1. The van der Waals surface area contributed by atoms with E-state index >= 15 is 0 Å². The third kappa shape index (κ3) is 2.87. The molecule has 0 radical (unpaired) electrons. The highest BCUT2D eigenvalue weighted by Gasteiger charge is 2.06. The fraction of sp³-hybridized carbons (Fsp3) is 0.0909. The van der Waals surface area contributed by atoms with Crippen molar-refractivity contribution in [1.29, 1.82) is 0 Å². The number of halogens is 1. The molecule has 0 unspecified atom stereocenters. The van der Waals surface area contributed by atoms with Crippen molar-refractivity contribution >= 4 is 21.9 Å². The van der Waals surface area contributed by atoms with Crippen molar-refractivity contribution in [3.8, 4) is 0 Å². The van der Waals surface area contributed by atoms with Crippen LogP contribution < -0.4 is 0 Å². The lowest BCUT2D eigenvalue weighted by molar-refractivity contribution is -0.132. The van der Waals surface area contributed by atoms with Gasteiger partial charge >= 0.3 is 5.97 Å². The van der Waals surface area contributed by atoms with Crippen LogP contribution in [-0.2, 0) is 11.2 Å². The van der Waals surface area contributed by atoms with Crippen LogP contribution in [-0.4, -0.2) is 11.1 Å². The summed E-state index contributed by atoms with van der Waals surface area (Å²) in [4.78, 5) is 10.7. The average Bonchev–Trinajstić information content (AvgIpc) is 2.16. The van der Waals surface area contributed by atoms with E-state index in [1.807, 2.05) is 24.3 Å². The Morgan fingerprint density at radius 2 is 2.00 bits per heavy atom. The van der Waals surface area contributed by atoms with Gasteiger partial charge in [-0.15, -0.1) is 5.73 Å². The summed E-state index contributed by atoms with van der Waals surface area (Å²) in [5.74, 6) is -0.970. The van der Waals surface area contributed by atoms with Crippen LogP contribution in [0.15, 0.2) is 46.6 Å². The molecule has 0 heterocycles. The molecule has 0 aliphatic rings. The lowest BCUT2D eigenvalue weighted by Gasteiger charge is -2.00. The molecule has 3 heteroatoms. The van der Waals surface area contributed by atoms with Gasteiger partial charge in [-0.05, 0) is 17.7 Å². The summed E-state index contributed by atoms with van der Waals surface area (Å²) in [7, 11) is 0. The topological polar surface area (TPSA) is 37.3 Å². The van der Waals surface area contributed by atoms with Gasteiger partial charge in [-0.2, -0.15) is 0 Å². The van der Waals surface area contributed by atoms with Crippen molar-refractivity contribution in [2.75, 3.05) is 0 Å². The lowest BCUT2D eigenvalue weighted by Crippen LogP contribution is -2.02. The predicted octanol–water partition coefficient (Wildman–Crippen LogP) is 2.79. The van der Waals surface area contributed by atoms with Gasteiger partial charge in [0.05, 0.1) is 5.57 Å². The summed E-state index contributed by atoms with van der Waals surface area (Å²) in [6.45, 7) is 3.34. The van der Waals surface area contributed by atoms with Crippen molar-refractivity contribution in [1.82, 2.24) is 0 Å². The normalized spacial score (nSPS) is 9.21. The number of hydrogen-bond donors (Lipinski definition) is 1. The molecule has 0 atom stereocenters. The summed E-state index contributed by atoms with van der Waals surface area (Å²) in [5.41, 5.74) is 3.54. The van der Waals surface area contributed by atoms with Crippen molar-refractivity contribution in [2.45, 2.75) is 6.42 Å². The van der Waals surface area contributed by atoms with Crippen molar-refractivity contribution in [2.24, 2.45) is 0 Å². The largest absolute Gasteiger partial charge is 0.477 e. The Morgan fingerprint density at radius 1 is 1.43 bits per heavy atom. The van der Waals surface area contributed by atoms with E-state index in [0.29, 0.717) is 6.42 Å². The maximum Gasteiger partial charge on any atom is 0.339 e. The lowest BCUT2D eigenvalue weighted by atomic mass is 10.1. The van der Waals surface area contributed by atoms with Gasteiger partial charge in [0.15, 0.2) is 0 Å². The van der Waals surface area contributed by atoms with Crippen LogP contribution in [0.1, 0.15) is 5.56 Å². The van der Waals surface area contributed by atoms with Crippen LogP contribution in [0.3, 0.4) is 0 Å². The van der Waals surface area contributed by atoms with Gasteiger partial charge in [0.1, 0.15) is 0 Å². The molecular formula is C11H9BrO2. The summed E-state index contributed by atoms with van der Waals surface area (Å²) in [6, 6.07) is 7.48. The number of rotatable bonds is 3. The third-order valence-corrected chi connectivity index (χ3v) is 2.29. The minimum atomic E-state index is -0.970. The van der Waals surface area contributed by atoms with Crippen LogP contribution in [0.5, 0.6) is 0 Å². The molecule has 1 aromatic rings. The Morgan fingerprint density at radius 3 is 2.43 bits per heavy atom. The van der Waals surface area contributed by atoms with Crippen LogP contribution in [0.25, 0.3) is 0 Å². The maximum atomic E-state index is 10.7. The molecule has 0 saturated carbocycles. The Hall–Kier alpha value is -1.31. The third-order valence-electron chi connectivity index (χ3n) is 1.77. The standard InChI is InChI=1S/C11H9BrO2/c1-2-9(11(13)14)7-8-3-5-10(12)6-4-8/h3-6H,1,7H2,(H,13,14). The van der Waals surface area contributed by atoms with E-state index in [1.165, 1.54) is 0 Å². The van der Waals surface area contributed by atoms with Crippen molar-refractivity contribution in [3.05, 3.63) is 52.2 Å². The van der Waals surface area contributed by atoms with Gasteiger partial charge in [0.2, 0.25) is 0 Å². The van der Waals surface area contributed by atoms with Gasteiger partial charge in [-0.25, -0.2) is 4.79 Å². The Balaban J connectivity index is 2.83. The zero-order chi connectivity index (χ0) is 10.6. The van der Waals surface area contributed by atoms with E-state index in [0.717, 1.165) is 10.0 Å². The van der Waals surface area contributed by atoms with Crippen LogP contribution >= 0.6 is 15.9 Å². The summed E-state index contributed by atoms with van der Waals surface area (Å²) in [6.07, 6.45) is 0.353. The van der Waals surface area contributed by atoms with E-state index in [9.17, 15) is 4.79 Å². The molecule has 1 N–H and O–H groups in total. The molecule has 0 amide bonds. The van der Waals surface area contributed by atoms with E-state index < -0.39 is 5.97 Å². The van der Waals surface area contributed by atoms with Gasteiger partial charge in [-0.1, -0.05) is 34.6 Å². The highest BCUT2D eigenvalue weighted by molar-refractivity contribution is 9.10.